The number of fused-ring (bicyclic) bond motifs is 1. The first-order valence-electron chi connectivity index (χ1n) is 12.0. The Balaban J connectivity index is 1.43. The summed E-state index contributed by atoms with van der Waals surface area (Å²) in [5.41, 5.74) is 4.45. The van der Waals surface area contributed by atoms with E-state index in [-0.39, 0.29) is 0 Å². The summed E-state index contributed by atoms with van der Waals surface area (Å²) in [5, 5.41) is 18.0. The molecule has 0 bridgehead atoms. The fourth-order valence-corrected chi connectivity index (χ4v) is 5.02. The summed E-state index contributed by atoms with van der Waals surface area (Å²) in [6.07, 6.45) is 3.66. The third-order valence-corrected chi connectivity index (χ3v) is 7.07. The van der Waals surface area contributed by atoms with Crippen molar-refractivity contribution in [2.75, 3.05) is 7.11 Å². The molecule has 39 heavy (non-hydrogen) atoms. The molecule has 7 nitrogen and oxygen atoms in total. The molecule has 3 aromatic carbocycles. The second kappa shape index (κ2) is 10.2. The molecule has 3 aromatic heterocycles. The van der Waals surface area contributed by atoms with Crippen molar-refractivity contribution in [1.82, 2.24) is 14.8 Å². The van der Waals surface area contributed by atoms with Crippen molar-refractivity contribution in [3.63, 3.8) is 0 Å². The van der Waals surface area contributed by atoms with E-state index in [1.807, 2.05) is 79.0 Å². The lowest BCUT2D eigenvalue weighted by molar-refractivity contribution is 0.415. The van der Waals surface area contributed by atoms with E-state index >= 15 is 0 Å². The fraction of sp³-hybridized carbons (Fsp3) is 0.0323. The molecule has 0 aliphatic rings. The van der Waals surface area contributed by atoms with Gasteiger partial charge in [0.1, 0.15) is 22.4 Å². The zero-order chi connectivity index (χ0) is 26.8. The van der Waals surface area contributed by atoms with Crippen molar-refractivity contribution in [2.45, 2.75) is 0 Å². The summed E-state index contributed by atoms with van der Waals surface area (Å²) >= 11 is 1.29. The zero-order valence-electron chi connectivity index (χ0n) is 20.7. The Bertz CT molecular complexity index is 1930. The summed E-state index contributed by atoms with van der Waals surface area (Å²) in [4.78, 5) is 17.3. The molecular formula is C31H20N4O3S. The van der Waals surface area contributed by atoms with Gasteiger partial charge >= 0.3 is 5.63 Å². The third kappa shape index (κ3) is 4.75. The molecule has 0 saturated carbocycles. The van der Waals surface area contributed by atoms with Crippen molar-refractivity contribution in [2.24, 2.45) is 0 Å². The lowest BCUT2D eigenvalue weighted by atomic mass is 10.1. The molecule has 0 aliphatic heterocycles. The van der Waals surface area contributed by atoms with Crippen LogP contribution in [0, 0.1) is 11.3 Å². The van der Waals surface area contributed by atoms with Crippen molar-refractivity contribution >= 4 is 34.0 Å². The first-order chi connectivity index (χ1) is 19.1. The standard InChI is InChI=1S/C31H20N4O3S/c1-37-25-13-11-20(12-14-25)29-23(18-35(34-29)24-8-3-2-4-9-24)15-22(17-32)30-33-27(19-39-30)26-16-21-7-5-6-10-28(21)38-31(26)36/h2-16,18-19H,1H3. The van der Waals surface area contributed by atoms with E-state index in [1.54, 1.807) is 35.4 Å². The maximum absolute atomic E-state index is 12.7. The van der Waals surface area contributed by atoms with Crippen molar-refractivity contribution in [3.05, 3.63) is 117 Å². The minimum Gasteiger partial charge on any atom is -0.497 e. The van der Waals surface area contributed by atoms with E-state index < -0.39 is 5.63 Å². The van der Waals surface area contributed by atoms with Crippen molar-refractivity contribution in [1.29, 1.82) is 5.26 Å². The first kappa shape index (κ1) is 24.1. The Morgan fingerprint density at radius 1 is 1.05 bits per heavy atom. The highest BCUT2D eigenvalue weighted by molar-refractivity contribution is 7.11. The average Bonchev–Trinajstić information content (AvgIpc) is 3.64. The molecular weight excluding hydrogens is 508 g/mol. The molecule has 0 radical (unpaired) electrons. The Kier molecular flexibility index (Phi) is 6.33. The zero-order valence-corrected chi connectivity index (χ0v) is 21.6. The van der Waals surface area contributed by atoms with E-state index in [0.717, 1.165) is 28.0 Å². The van der Waals surface area contributed by atoms with E-state index in [1.165, 1.54) is 11.3 Å². The number of hydrogen-bond acceptors (Lipinski definition) is 7. The number of hydrogen-bond donors (Lipinski definition) is 0. The van der Waals surface area contributed by atoms with Gasteiger partial charge in [0.25, 0.3) is 0 Å². The number of benzene rings is 3. The molecule has 0 fully saturated rings. The Morgan fingerprint density at radius 3 is 2.59 bits per heavy atom. The molecule has 0 spiro atoms. The van der Waals surface area contributed by atoms with Crippen LogP contribution in [0.3, 0.4) is 0 Å². The van der Waals surface area contributed by atoms with Crippen molar-refractivity contribution in [3.8, 4) is 40.0 Å². The highest BCUT2D eigenvalue weighted by Crippen LogP contribution is 2.31. The van der Waals surface area contributed by atoms with Crippen LogP contribution in [0.15, 0.2) is 106 Å². The number of allylic oxidation sites excluding steroid dienone is 1. The Morgan fingerprint density at radius 2 is 1.82 bits per heavy atom. The highest BCUT2D eigenvalue weighted by Gasteiger charge is 2.16. The summed E-state index contributed by atoms with van der Waals surface area (Å²) in [7, 11) is 1.62. The van der Waals surface area contributed by atoms with Gasteiger partial charge in [0, 0.05) is 28.1 Å². The molecule has 0 amide bonds. The van der Waals surface area contributed by atoms with Gasteiger partial charge in [-0.1, -0.05) is 36.4 Å². The van der Waals surface area contributed by atoms with Crippen LogP contribution in [0.1, 0.15) is 10.6 Å². The van der Waals surface area contributed by atoms with Gasteiger partial charge in [-0.2, -0.15) is 10.4 Å². The first-order valence-corrected chi connectivity index (χ1v) is 12.9. The van der Waals surface area contributed by atoms with Crippen LogP contribution in [0.5, 0.6) is 5.75 Å². The lowest BCUT2D eigenvalue weighted by Gasteiger charge is -2.03. The minimum absolute atomic E-state index is 0.351. The molecule has 0 unspecified atom stereocenters. The van der Waals surface area contributed by atoms with Crippen molar-refractivity contribution < 1.29 is 9.15 Å². The Hall–Kier alpha value is -5.26. The van der Waals surface area contributed by atoms with Gasteiger partial charge in [0.2, 0.25) is 0 Å². The predicted molar refractivity (Wildman–Crippen MR) is 153 cm³/mol. The molecule has 0 saturated heterocycles. The number of rotatable bonds is 6. The fourth-order valence-electron chi connectivity index (χ4n) is 4.24. The summed E-state index contributed by atoms with van der Waals surface area (Å²) in [6, 6.07) is 28.7. The predicted octanol–water partition coefficient (Wildman–Crippen LogP) is 6.84. The number of thiazole rings is 1. The van der Waals surface area contributed by atoms with E-state index in [4.69, 9.17) is 14.3 Å². The number of methoxy groups -OCH3 is 1. The Labute approximate surface area is 227 Å². The maximum Gasteiger partial charge on any atom is 0.345 e. The average molecular weight is 529 g/mol. The van der Waals surface area contributed by atoms with Crippen LogP contribution in [0.4, 0.5) is 0 Å². The van der Waals surface area contributed by atoms with Gasteiger partial charge < -0.3 is 9.15 Å². The SMILES string of the molecule is COc1ccc(-c2nn(-c3ccccc3)cc2C=C(C#N)c2nc(-c3cc4ccccc4oc3=O)cs2)cc1. The van der Waals surface area contributed by atoms with Crippen LogP contribution in [0.2, 0.25) is 0 Å². The van der Waals surface area contributed by atoms with Crippen LogP contribution in [-0.4, -0.2) is 21.9 Å². The monoisotopic (exact) mass is 528 g/mol. The summed E-state index contributed by atoms with van der Waals surface area (Å²) in [5.74, 6) is 0.740. The smallest absolute Gasteiger partial charge is 0.345 e. The molecule has 8 heteroatoms. The summed E-state index contributed by atoms with van der Waals surface area (Å²) < 4.78 is 12.6. The largest absolute Gasteiger partial charge is 0.497 e. The highest BCUT2D eigenvalue weighted by atomic mass is 32.1. The van der Waals surface area contributed by atoms with Gasteiger partial charge in [-0.15, -0.1) is 11.3 Å². The third-order valence-electron chi connectivity index (χ3n) is 6.20. The number of nitrogens with zero attached hydrogens (tertiary/aromatic N) is 4. The van der Waals surface area contributed by atoms with Gasteiger partial charge in [-0.05, 0) is 54.6 Å². The van der Waals surface area contributed by atoms with Crippen LogP contribution < -0.4 is 10.4 Å². The maximum atomic E-state index is 12.7. The van der Waals surface area contributed by atoms with E-state index in [9.17, 15) is 10.1 Å². The molecule has 6 rings (SSSR count). The minimum atomic E-state index is -0.473. The number of aromatic nitrogens is 3. The summed E-state index contributed by atoms with van der Waals surface area (Å²) in [6.45, 7) is 0. The molecule has 0 N–H and O–H groups in total. The molecule has 6 aromatic rings. The topological polar surface area (TPSA) is 93.9 Å². The van der Waals surface area contributed by atoms with Gasteiger partial charge in [-0.3, -0.25) is 0 Å². The number of para-hydroxylation sites is 2. The van der Waals surface area contributed by atoms with Gasteiger partial charge in [0.15, 0.2) is 0 Å². The second-order valence-corrected chi connectivity index (χ2v) is 9.49. The lowest BCUT2D eigenvalue weighted by Crippen LogP contribution is -2.02. The second-order valence-electron chi connectivity index (χ2n) is 8.63. The number of ether oxygens (including phenoxy) is 1. The van der Waals surface area contributed by atoms with Crippen LogP contribution in [-0.2, 0) is 0 Å². The molecule has 0 atom stereocenters. The van der Waals surface area contributed by atoms with Gasteiger partial charge in [-0.25, -0.2) is 14.5 Å². The van der Waals surface area contributed by atoms with E-state index in [2.05, 4.69) is 11.1 Å². The molecule has 3 heterocycles. The van der Waals surface area contributed by atoms with E-state index in [0.29, 0.717) is 33.1 Å². The molecule has 188 valence electrons. The molecule has 0 aliphatic carbocycles. The van der Waals surface area contributed by atoms with Gasteiger partial charge in [0.05, 0.1) is 35.3 Å². The quantitative estimate of drug-likeness (QED) is 0.173. The number of nitriles is 1. The van der Waals surface area contributed by atoms with Crippen LogP contribution >= 0.6 is 11.3 Å². The normalized spacial score (nSPS) is 11.4. The van der Waals surface area contributed by atoms with Crippen LogP contribution in [0.25, 0.3) is 50.8 Å².